The second-order valence-corrected chi connectivity index (χ2v) is 5.26. The third-order valence-corrected chi connectivity index (χ3v) is 3.84. The maximum absolute atomic E-state index is 11.9. The van der Waals surface area contributed by atoms with Crippen LogP contribution in [0.15, 0.2) is 0 Å². The van der Waals surface area contributed by atoms with Crippen LogP contribution in [-0.2, 0) is 4.79 Å². The van der Waals surface area contributed by atoms with Crippen molar-refractivity contribution in [2.75, 3.05) is 18.6 Å². The van der Waals surface area contributed by atoms with E-state index in [1.165, 1.54) is 0 Å². The molecule has 96 valence electrons. The van der Waals surface area contributed by atoms with Gasteiger partial charge in [-0.25, -0.2) is 0 Å². The minimum atomic E-state index is 0.0491. The fourth-order valence-electron chi connectivity index (χ4n) is 1.50. The van der Waals surface area contributed by atoms with E-state index >= 15 is 0 Å². The molecule has 1 amide bonds. The highest BCUT2D eigenvalue weighted by molar-refractivity contribution is 7.98. The molecule has 0 aromatic heterocycles. The molecule has 0 aliphatic rings. The molecule has 3 nitrogen and oxygen atoms in total. The monoisotopic (exact) mass is 247 g/mol. The molecular formula is C12H25NO2S. The van der Waals surface area contributed by atoms with Gasteiger partial charge < -0.3 is 10.4 Å². The summed E-state index contributed by atoms with van der Waals surface area (Å²) >= 11 is 1.69. The van der Waals surface area contributed by atoms with E-state index < -0.39 is 0 Å². The number of thioether (sulfide) groups is 1. The van der Waals surface area contributed by atoms with Crippen molar-refractivity contribution >= 4 is 17.7 Å². The van der Waals surface area contributed by atoms with Crippen molar-refractivity contribution < 1.29 is 9.90 Å². The van der Waals surface area contributed by atoms with E-state index in [4.69, 9.17) is 5.11 Å². The Morgan fingerprint density at radius 3 is 2.50 bits per heavy atom. The van der Waals surface area contributed by atoms with E-state index in [0.29, 0.717) is 12.3 Å². The summed E-state index contributed by atoms with van der Waals surface area (Å²) < 4.78 is 0. The van der Waals surface area contributed by atoms with Crippen molar-refractivity contribution in [3.63, 3.8) is 0 Å². The van der Waals surface area contributed by atoms with Crippen LogP contribution in [-0.4, -0.2) is 35.7 Å². The van der Waals surface area contributed by atoms with Gasteiger partial charge in [-0.3, -0.25) is 4.79 Å². The van der Waals surface area contributed by atoms with Gasteiger partial charge in [0.2, 0.25) is 5.91 Å². The number of amides is 1. The summed E-state index contributed by atoms with van der Waals surface area (Å²) in [4.78, 5) is 11.9. The van der Waals surface area contributed by atoms with Gasteiger partial charge in [0.1, 0.15) is 0 Å². The van der Waals surface area contributed by atoms with Crippen LogP contribution in [0.25, 0.3) is 0 Å². The number of rotatable bonds is 8. The van der Waals surface area contributed by atoms with Crippen LogP contribution in [0.1, 0.15) is 33.6 Å². The topological polar surface area (TPSA) is 49.3 Å². The van der Waals surface area contributed by atoms with Crippen LogP contribution >= 0.6 is 11.8 Å². The van der Waals surface area contributed by atoms with Crippen molar-refractivity contribution in [2.45, 2.75) is 39.7 Å². The van der Waals surface area contributed by atoms with Gasteiger partial charge in [-0.05, 0) is 18.6 Å². The molecule has 4 heteroatoms. The molecule has 0 aromatic rings. The number of aliphatic hydroxyl groups is 1. The first-order valence-corrected chi connectivity index (χ1v) is 7.36. The molecule has 0 saturated heterocycles. The second kappa shape index (κ2) is 8.88. The fourth-order valence-corrected chi connectivity index (χ4v) is 2.15. The van der Waals surface area contributed by atoms with E-state index in [2.05, 4.69) is 19.2 Å². The van der Waals surface area contributed by atoms with Crippen LogP contribution < -0.4 is 5.32 Å². The lowest BCUT2D eigenvalue weighted by atomic mass is 9.92. The first kappa shape index (κ1) is 15.8. The molecule has 0 fully saturated rings. The molecule has 3 atom stereocenters. The molecule has 0 rings (SSSR count). The van der Waals surface area contributed by atoms with Gasteiger partial charge in [-0.2, -0.15) is 11.8 Å². The standard InChI is InChI=1S/C12H25NO2S/c1-5-9(2)10(3)12(15)13-11(6-7-14)8-16-4/h9-11,14H,5-8H2,1-4H3,(H,13,15). The minimum absolute atomic E-state index is 0.0491. The molecule has 0 spiro atoms. The summed E-state index contributed by atoms with van der Waals surface area (Å²) in [6, 6.07) is 0.0963. The maximum Gasteiger partial charge on any atom is 0.223 e. The first-order chi connectivity index (χ1) is 7.56. The molecule has 0 aromatic carbocycles. The third-order valence-electron chi connectivity index (χ3n) is 3.10. The normalized spacial score (nSPS) is 16.6. The van der Waals surface area contributed by atoms with Crippen molar-refractivity contribution in [2.24, 2.45) is 11.8 Å². The first-order valence-electron chi connectivity index (χ1n) is 5.96. The predicted molar refractivity (Wildman–Crippen MR) is 70.6 cm³/mol. The Morgan fingerprint density at radius 1 is 1.44 bits per heavy atom. The zero-order chi connectivity index (χ0) is 12.6. The Balaban J connectivity index is 4.16. The number of hydrogen-bond donors (Lipinski definition) is 2. The number of nitrogens with one attached hydrogen (secondary N) is 1. The molecule has 0 aliphatic heterocycles. The molecule has 0 bridgehead atoms. The highest BCUT2D eigenvalue weighted by Crippen LogP contribution is 2.15. The van der Waals surface area contributed by atoms with Gasteiger partial charge in [-0.1, -0.05) is 27.2 Å². The van der Waals surface area contributed by atoms with E-state index in [9.17, 15) is 4.79 Å². The van der Waals surface area contributed by atoms with Crippen molar-refractivity contribution in [1.29, 1.82) is 0 Å². The largest absolute Gasteiger partial charge is 0.396 e. The average molecular weight is 247 g/mol. The van der Waals surface area contributed by atoms with Crippen LogP contribution in [0.2, 0.25) is 0 Å². The smallest absolute Gasteiger partial charge is 0.223 e. The number of carbonyl (C=O) groups is 1. The zero-order valence-electron chi connectivity index (χ0n) is 10.8. The molecule has 0 aliphatic carbocycles. The summed E-state index contributed by atoms with van der Waals surface area (Å²) in [6.07, 6.45) is 3.66. The van der Waals surface area contributed by atoms with E-state index in [1.807, 2.05) is 13.2 Å². The van der Waals surface area contributed by atoms with Crippen molar-refractivity contribution in [3.8, 4) is 0 Å². The number of aliphatic hydroxyl groups excluding tert-OH is 1. The van der Waals surface area contributed by atoms with E-state index in [1.54, 1.807) is 11.8 Å². The van der Waals surface area contributed by atoms with Gasteiger partial charge >= 0.3 is 0 Å². The fraction of sp³-hybridized carbons (Fsp3) is 0.917. The third kappa shape index (κ3) is 5.75. The van der Waals surface area contributed by atoms with Crippen LogP contribution in [0, 0.1) is 11.8 Å². The van der Waals surface area contributed by atoms with Gasteiger partial charge in [-0.15, -0.1) is 0 Å². The Morgan fingerprint density at radius 2 is 2.06 bits per heavy atom. The van der Waals surface area contributed by atoms with E-state index in [-0.39, 0.29) is 24.5 Å². The maximum atomic E-state index is 11.9. The highest BCUT2D eigenvalue weighted by Gasteiger charge is 2.21. The summed E-state index contributed by atoms with van der Waals surface area (Å²) in [5.74, 6) is 1.43. The molecule has 3 unspecified atom stereocenters. The van der Waals surface area contributed by atoms with Gasteiger partial charge in [0.15, 0.2) is 0 Å². The Hall–Kier alpha value is -0.220. The SMILES string of the molecule is CCC(C)C(C)C(=O)NC(CCO)CSC. The molecule has 0 radical (unpaired) electrons. The quantitative estimate of drug-likeness (QED) is 0.689. The Labute approximate surface area is 103 Å². The van der Waals surface area contributed by atoms with E-state index in [0.717, 1.165) is 12.2 Å². The Bertz CT molecular complexity index is 193. The summed E-state index contributed by atoms with van der Waals surface area (Å²) in [7, 11) is 0. The highest BCUT2D eigenvalue weighted by atomic mass is 32.2. The second-order valence-electron chi connectivity index (χ2n) is 4.35. The Kier molecular flexibility index (Phi) is 8.76. The molecule has 2 N–H and O–H groups in total. The lowest BCUT2D eigenvalue weighted by Gasteiger charge is -2.22. The number of hydrogen-bond acceptors (Lipinski definition) is 3. The summed E-state index contributed by atoms with van der Waals surface area (Å²) in [5, 5.41) is 11.9. The molecule has 0 heterocycles. The zero-order valence-corrected chi connectivity index (χ0v) is 11.6. The summed E-state index contributed by atoms with van der Waals surface area (Å²) in [5.41, 5.74) is 0. The predicted octanol–water partition coefficient (Wildman–Crippen LogP) is 1.90. The lowest BCUT2D eigenvalue weighted by Crippen LogP contribution is -2.41. The van der Waals surface area contributed by atoms with Crippen LogP contribution in [0.3, 0.4) is 0 Å². The van der Waals surface area contributed by atoms with Crippen LogP contribution in [0.4, 0.5) is 0 Å². The average Bonchev–Trinajstić information content (AvgIpc) is 2.27. The minimum Gasteiger partial charge on any atom is -0.396 e. The van der Waals surface area contributed by atoms with Crippen molar-refractivity contribution in [1.82, 2.24) is 5.32 Å². The van der Waals surface area contributed by atoms with Crippen LogP contribution in [0.5, 0.6) is 0 Å². The molecule has 0 saturated carbocycles. The lowest BCUT2D eigenvalue weighted by molar-refractivity contribution is -0.126. The molecular weight excluding hydrogens is 222 g/mol. The summed E-state index contributed by atoms with van der Waals surface area (Å²) in [6.45, 7) is 6.29. The van der Waals surface area contributed by atoms with Gasteiger partial charge in [0.25, 0.3) is 0 Å². The number of carbonyl (C=O) groups excluding carboxylic acids is 1. The molecule has 16 heavy (non-hydrogen) atoms. The van der Waals surface area contributed by atoms with Gasteiger partial charge in [0.05, 0.1) is 0 Å². The van der Waals surface area contributed by atoms with Crippen molar-refractivity contribution in [3.05, 3.63) is 0 Å². The van der Waals surface area contributed by atoms with Gasteiger partial charge in [0, 0.05) is 24.3 Å².